The number of amides is 1. The summed E-state index contributed by atoms with van der Waals surface area (Å²) in [6.45, 7) is 1.80. The van der Waals surface area contributed by atoms with Gasteiger partial charge < -0.3 is 11.1 Å². The van der Waals surface area contributed by atoms with E-state index >= 15 is 0 Å². The van der Waals surface area contributed by atoms with Crippen molar-refractivity contribution in [3.8, 4) is 0 Å². The summed E-state index contributed by atoms with van der Waals surface area (Å²) in [5.74, 6) is 1.47. The first kappa shape index (κ1) is 17.3. The lowest BCUT2D eigenvalue weighted by Gasteiger charge is -2.25. The minimum absolute atomic E-state index is 0. The molecule has 2 saturated carbocycles. The Morgan fingerprint density at radius 2 is 1.82 bits per heavy atom. The van der Waals surface area contributed by atoms with E-state index in [9.17, 15) is 4.79 Å². The summed E-state index contributed by atoms with van der Waals surface area (Å²) < 4.78 is 0. The summed E-state index contributed by atoms with van der Waals surface area (Å²) in [4.78, 5) is 12.5. The molecule has 3 rings (SSSR count). The van der Waals surface area contributed by atoms with Gasteiger partial charge in [-0.05, 0) is 30.7 Å². The molecular formula is C18H27ClN2O. The summed E-state index contributed by atoms with van der Waals surface area (Å²) in [5, 5.41) is 3.18. The van der Waals surface area contributed by atoms with Crippen LogP contribution in [0.4, 0.5) is 0 Å². The van der Waals surface area contributed by atoms with Gasteiger partial charge in [0.1, 0.15) is 5.54 Å². The molecule has 0 aliphatic heterocycles. The first-order valence-corrected chi connectivity index (χ1v) is 8.24. The summed E-state index contributed by atoms with van der Waals surface area (Å²) in [5.41, 5.74) is 6.20. The van der Waals surface area contributed by atoms with Crippen molar-refractivity contribution in [2.45, 2.75) is 57.0 Å². The standard InChI is InChI=1S/C18H26N2O.ClH/c1-18(19,14-10-6-3-7-11-14)17(21)20-16-12-15(16)13-8-4-2-5-9-13;/h3,6-7,10-11,13,15-16H,2,4-5,8-9,12,19H2,1H3,(H,20,21);1H. The first-order chi connectivity index (χ1) is 10.1. The van der Waals surface area contributed by atoms with Crippen LogP contribution in [0.25, 0.3) is 0 Å². The number of carbonyl (C=O) groups is 1. The average molecular weight is 323 g/mol. The van der Waals surface area contributed by atoms with Crippen LogP contribution in [0.15, 0.2) is 30.3 Å². The maximum atomic E-state index is 12.5. The predicted molar refractivity (Wildman–Crippen MR) is 91.8 cm³/mol. The fourth-order valence-corrected chi connectivity index (χ4v) is 3.70. The molecular weight excluding hydrogens is 296 g/mol. The van der Waals surface area contributed by atoms with Crippen LogP contribution in [-0.4, -0.2) is 11.9 Å². The minimum atomic E-state index is -0.943. The molecule has 1 aromatic carbocycles. The fraction of sp³-hybridized carbons (Fsp3) is 0.611. The molecule has 2 fully saturated rings. The number of nitrogens with two attached hydrogens (primary N) is 1. The van der Waals surface area contributed by atoms with E-state index < -0.39 is 5.54 Å². The molecule has 0 radical (unpaired) electrons. The van der Waals surface area contributed by atoms with Crippen LogP contribution in [0.5, 0.6) is 0 Å². The number of rotatable bonds is 4. The van der Waals surface area contributed by atoms with Gasteiger partial charge in [-0.25, -0.2) is 0 Å². The number of hydrogen-bond acceptors (Lipinski definition) is 2. The summed E-state index contributed by atoms with van der Waals surface area (Å²) in [6.07, 6.45) is 7.93. The number of nitrogens with one attached hydrogen (secondary N) is 1. The van der Waals surface area contributed by atoms with Gasteiger partial charge in [0, 0.05) is 6.04 Å². The van der Waals surface area contributed by atoms with Gasteiger partial charge >= 0.3 is 0 Å². The third-order valence-corrected chi connectivity index (χ3v) is 5.26. The zero-order valence-corrected chi connectivity index (χ0v) is 14.1. The van der Waals surface area contributed by atoms with Crippen molar-refractivity contribution in [1.29, 1.82) is 0 Å². The Morgan fingerprint density at radius 3 is 2.45 bits per heavy atom. The molecule has 0 heterocycles. The first-order valence-electron chi connectivity index (χ1n) is 8.24. The van der Waals surface area contributed by atoms with Crippen LogP contribution < -0.4 is 11.1 Å². The zero-order chi connectivity index (χ0) is 14.9. The second kappa shape index (κ2) is 7.01. The van der Waals surface area contributed by atoms with E-state index in [1.807, 2.05) is 30.3 Å². The molecule has 3 N–H and O–H groups in total. The maximum absolute atomic E-state index is 12.5. The van der Waals surface area contributed by atoms with Crippen LogP contribution in [0.2, 0.25) is 0 Å². The highest BCUT2D eigenvalue weighted by molar-refractivity contribution is 5.87. The van der Waals surface area contributed by atoms with E-state index in [0.29, 0.717) is 12.0 Å². The smallest absolute Gasteiger partial charge is 0.244 e. The minimum Gasteiger partial charge on any atom is -0.351 e. The lowest BCUT2D eigenvalue weighted by molar-refractivity contribution is -0.126. The van der Waals surface area contributed by atoms with Gasteiger partial charge in [0.15, 0.2) is 0 Å². The number of benzene rings is 1. The molecule has 2 aliphatic carbocycles. The Labute approximate surface area is 139 Å². The Morgan fingerprint density at radius 1 is 1.18 bits per heavy atom. The SMILES string of the molecule is CC(N)(C(=O)NC1CC1C1CCCCC1)c1ccccc1.Cl. The van der Waals surface area contributed by atoms with Gasteiger partial charge in [-0.15, -0.1) is 12.4 Å². The van der Waals surface area contributed by atoms with Gasteiger partial charge in [0.2, 0.25) is 5.91 Å². The molecule has 4 heteroatoms. The highest BCUT2D eigenvalue weighted by Crippen LogP contribution is 2.44. The Kier molecular flexibility index (Phi) is 5.51. The Bertz CT molecular complexity index is 497. The van der Waals surface area contributed by atoms with E-state index in [-0.39, 0.29) is 18.3 Å². The van der Waals surface area contributed by atoms with Crippen molar-refractivity contribution < 1.29 is 4.79 Å². The molecule has 22 heavy (non-hydrogen) atoms. The molecule has 3 nitrogen and oxygen atoms in total. The van der Waals surface area contributed by atoms with Gasteiger partial charge in [-0.1, -0.05) is 62.4 Å². The largest absolute Gasteiger partial charge is 0.351 e. The van der Waals surface area contributed by atoms with E-state index in [4.69, 9.17) is 5.73 Å². The monoisotopic (exact) mass is 322 g/mol. The zero-order valence-electron chi connectivity index (χ0n) is 13.3. The fourth-order valence-electron chi connectivity index (χ4n) is 3.70. The Balaban J connectivity index is 0.00000176. The Hall–Kier alpha value is -1.06. The van der Waals surface area contributed by atoms with Crippen molar-refractivity contribution in [1.82, 2.24) is 5.32 Å². The van der Waals surface area contributed by atoms with Crippen molar-refractivity contribution in [2.75, 3.05) is 0 Å². The maximum Gasteiger partial charge on any atom is 0.244 e. The third-order valence-electron chi connectivity index (χ3n) is 5.26. The summed E-state index contributed by atoms with van der Waals surface area (Å²) >= 11 is 0. The summed E-state index contributed by atoms with van der Waals surface area (Å²) in [7, 11) is 0. The second-order valence-electron chi connectivity index (χ2n) is 6.95. The molecule has 0 saturated heterocycles. The molecule has 2 aliphatic rings. The lowest BCUT2D eigenvalue weighted by atomic mass is 9.85. The highest BCUT2D eigenvalue weighted by Gasteiger charge is 2.45. The lowest BCUT2D eigenvalue weighted by Crippen LogP contribution is -2.50. The number of carbonyl (C=O) groups excluding carboxylic acids is 1. The van der Waals surface area contributed by atoms with E-state index in [1.165, 1.54) is 32.1 Å². The van der Waals surface area contributed by atoms with Crippen LogP contribution >= 0.6 is 12.4 Å². The van der Waals surface area contributed by atoms with E-state index in [1.54, 1.807) is 6.92 Å². The van der Waals surface area contributed by atoms with Crippen LogP contribution in [0.1, 0.15) is 51.0 Å². The van der Waals surface area contributed by atoms with Crippen molar-refractivity contribution in [3.63, 3.8) is 0 Å². The van der Waals surface area contributed by atoms with Gasteiger partial charge in [0.25, 0.3) is 0 Å². The van der Waals surface area contributed by atoms with Gasteiger partial charge in [-0.2, -0.15) is 0 Å². The molecule has 3 atom stereocenters. The molecule has 0 spiro atoms. The molecule has 0 aromatic heterocycles. The summed E-state index contributed by atoms with van der Waals surface area (Å²) in [6, 6.07) is 9.99. The van der Waals surface area contributed by atoms with Crippen LogP contribution in [-0.2, 0) is 10.3 Å². The predicted octanol–water partition coefficient (Wildman–Crippen LogP) is 3.37. The molecule has 3 unspecified atom stereocenters. The van der Waals surface area contributed by atoms with Gasteiger partial charge in [0.05, 0.1) is 0 Å². The van der Waals surface area contributed by atoms with Crippen LogP contribution in [0.3, 0.4) is 0 Å². The van der Waals surface area contributed by atoms with Crippen molar-refractivity contribution in [2.24, 2.45) is 17.6 Å². The highest BCUT2D eigenvalue weighted by atomic mass is 35.5. The van der Waals surface area contributed by atoms with Crippen molar-refractivity contribution >= 4 is 18.3 Å². The number of hydrogen-bond donors (Lipinski definition) is 2. The quantitative estimate of drug-likeness (QED) is 0.893. The van der Waals surface area contributed by atoms with Crippen LogP contribution in [0, 0.1) is 11.8 Å². The molecule has 1 amide bonds. The van der Waals surface area contributed by atoms with Crippen molar-refractivity contribution in [3.05, 3.63) is 35.9 Å². The number of halogens is 1. The van der Waals surface area contributed by atoms with E-state index in [2.05, 4.69) is 5.32 Å². The molecule has 1 aromatic rings. The average Bonchev–Trinajstić information content (AvgIpc) is 3.28. The normalized spacial score (nSPS) is 27.4. The molecule has 122 valence electrons. The van der Waals surface area contributed by atoms with Gasteiger partial charge in [-0.3, -0.25) is 4.79 Å². The van der Waals surface area contributed by atoms with E-state index in [0.717, 1.165) is 17.9 Å². The third kappa shape index (κ3) is 3.64. The second-order valence-corrected chi connectivity index (χ2v) is 6.95. The topological polar surface area (TPSA) is 55.1 Å². The molecule has 0 bridgehead atoms.